The molecule has 2 heterocycles. The molecule has 0 aliphatic carbocycles. The number of pyridine rings is 1. The van der Waals surface area contributed by atoms with Gasteiger partial charge < -0.3 is 10.6 Å². The Morgan fingerprint density at radius 3 is 2.68 bits per heavy atom. The molecule has 110 valence electrons. The van der Waals surface area contributed by atoms with Gasteiger partial charge in [0, 0.05) is 28.9 Å². The predicted molar refractivity (Wildman–Crippen MR) is 93.3 cm³/mol. The van der Waals surface area contributed by atoms with Crippen LogP contribution in [0.15, 0.2) is 42.5 Å². The van der Waals surface area contributed by atoms with Crippen molar-refractivity contribution in [3.05, 3.63) is 58.1 Å². The van der Waals surface area contributed by atoms with Crippen molar-refractivity contribution in [2.24, 2.45) is 0 Å². The molecule has 0 radical (unpaired) electrons. The van der Waals surface area contributed by atoms with Gasteiger partial charge in [0.15, 0.2) is 0 Å². The molecule has 0 saturated carbocycles. The lowest BCUT2D eigenvalue weighted by Gasteiger charge is -2.19. The number of para-hydroxylation sites is 1. The van der Waals surface area contributed by atoms with E-state index in [0.717, 1.165) is 46.6 Å². The van der Waals surface area contributed by atoms with Gasteiger partial charge in [0.2, 0.25) is 0 Å². The first-order valence-electron chi connectivity index (χ1n) is 7.05. The fraction of sp³-hybridized carbons (Fsp3) is 0.118. The van der Waals surface area contributed by atoms with Gasteiger partial charge in [-0.15, -0.1) is 0 Å². The molecule has 3 nitrogen and oxygen atoms in total. The molecular formula is C17H13Cl2N3. The third-order valence-electron chi connectivity index (χ3n) is 4.07. The van der Waals surface area contributed by atoms with Gasteiger partial charge in [-0.3, -0.25) is 0 Å². The van der Waals surface area contributed by atoms with Crippen molar-refractivity contribution in [2.75, 3.05) is 17.2 Å². The number of aromatic nitrogens is 1. The second kappa shape index (κ2) is 5.04. The molecule has 1 aromatic heterocycles. The lowest BCUT2D eigenvalue weighted by molar-refractivity contribution is 0.992. The van der Waals surface area contributed by atoms with E-state index in [1.54, 1.807) is 0 Å². The van der Waals surface area contributed by atoms with E-state index in [9.17, 15) is 0 Å². The van der Waals surface area contributed by atoms with Crippen LogP contribution in [0.4, 0.5) is 17.2 Å². The Kier molecular flexibility index (Phi) is 3.13. The van der Waals surface area contributed by atoms with Crippen LogP contribution in [0.5, 0.6) is 0 Å². The van der Waals surface area contributed by atoms with E-state index in [2.05, 4.69) is 4.90 Å². The van der Waals surface area contributed by atoms with Crippen molar-refractivity contribution in [1.29, 1.82) is 0 Å². The van der Waals surface area contributed by atoms with Crippen LogP contribution < -0.4 is 10.6 Å². The number of nitrogens with zero attached hydrogens (tertiary/aromatic N) is 2. The van der Waals surface area contributed by atoms with Gasteiger partial charge in [-0.1, -0.05) is 41.4 Å². The minimum atomic E-state index is 0.543. The highest BCUT2D eigenvalue weighted by Gasteiger charge is 2.25. The molecule has 0 unspecified atom stereocenters. The molecule has 2 N–H and O–H groups in total. The summed E-state index contributed by atoms with van der Waals surface area (Å²) in [7, 11) is 0. The Balaban J connectivity index is 1.90. The molecule has 0 saturated heterocycles. The molecule has 0 bridgehead atoms. The molecule has 1 aliphatic rings. The summed E-state index contributed by atoms with van der Waals surface area (Å²) in [6.07, 6.45) is 0.874. The highest BCUT2D eigenvalue weighted by molar-refractivity contribution is 6.42. The van der Waals surface area contributed by atoms with Gasteiger partial charge in [0.25, 0.3) is 0 Å². The fourth-order valence-corrected chi connectivity index (χ4v) is 3.26. The van der Waals surface area contributed by atoms with Crippen molar-refractivity contribution >= 4 is 51.3 Å². The monoisotopic (exact) mass is 329 g/mol. The second-order valence-corrected chi connectivity index (χ2v) is 6.16. The van der Waals surface area contributed by atoms with E-state index < -0.39 is 0 Å². The Hall–Kier alpha value is -1.97. The highest BCUT2D eigenvalue weighted by atomic mass is 35.5. The number of hydrogen-bond donors (Lipinski definition) is 1. The van der Waals surface area contributed by atoms with Gasteiger partial charge in [-0.25, -0.2) is 4.98 Å². The summed E-state index contributed by atoms with van der Waals surface area (Å²) >= 11 is 12.1. The van der Waals surface area contributed by atoms with Gasteiger partial charge in [0.1, 0.15) is 5.82 Å². The van der Waals surface area contributed by atoms with Gasteiger partial charge in [-0.2, -0.15) is 0 Å². The molecule has 5 heteroatoms. The van der Waals surface area contributed by atoms with E-state index in [-0.39, 0.29) is 0 Å². The van der Waals surface area contributed by atoms with Gasteiger partial charge in [-0.05, 0) is 30.7 Å². The molecule has 3 aromatic rings. The average Bonchev–Trinajstić information content (AvgIpc) is 2.94. The number of rotatable bonds is 1. The molecule has 0 fully saturated rings. The summed E-state index contributed by atoms with van der Waals surface area (Å²) in [6.45, 7) is 0.834. The van der Waals surface area contributed by atoms with Crippen LogP contribution in [0.25, 0.3) is 10.9 Å². The molecule has 22 heavy (non-hydrogen) atoms. The number of halogens is 2. The molecule has 4 rings (SSSR count). The summed E-state index contributed by atoms with van der Waals surface area (Å²) in [5.74, 6) is 0.912. The van der Waals surface area contributed by atoms with E-state index >= 15 is 0 Å². The first-order valence-corrected chi connectivity index (χ1v) is 7.80. The first-order chi connectivity index (χ1) is 10.6. The standard InChI is InChI=1S/C17H13Cl2N3/c18-13-6-5-10(9-14(13)19)22-8-7-12-16(20)11-3-1-2-4-15(11)21-17(12)22/h1-6,9H,7-8H2,(H2,20,21). The quantitative estimate of drug-likeness (QED) is 0.696. The molecule has 1 aliphatic heterocycles. The van der Waals surface area contributed by atoms with Crippen LogP contribution in [-0.2, 0) is 6.42 Å². The van der Waals surface area contributed by atoms with Crippen molar-refractivity contribution in [1.82, 2.24) is 4.98 Å². The zero-order chi connectivity index (χ0) is 15.3. The normalized spacial score (nSPS) is 13.6. The molecular weight excluding hydrogens is 317 g/mol. The maximum atomic E-state index is 6.35. The van der Waals surface area contributed by atoms with E-state index in [0.29, 0.717) is 10.0 Å². The van der Waals surface area contributed by atoms with Gasteiger partial charge >= 0.3 is 0 Å². The molecule has 0 amide bonds. The highest BCUT2D eigenvalue weighted by Crippen LogP contribution is 2.40. The number of hydrogen-bond acceptors (Lipinski definition) is 3. The Morgan fingerprint density at radius 2 is 1.86 bits per heavy atom. The van der Waals surface area contributed by atoms with Crippen LogP contribution in [-0.4, -0.2) is 11.5 Å². The number of nitrogens with two attached hydrogens (primary N) is 1. The maximum absolute atomic E-state index is 6.35. The third kappa shape index (κ3) is 2.01. The number of fused-ring (bicyclic) bond motifs is 2. The topological polar surface area (TPSA) is 42.1 Å². The van der Waals surface area contributed by atoms with Crippen molar-refractivity contribution in [3.63, 3.8) is 0 Å². The van der Waals surface area contributed by atoms with E-state index in [4.69, 9.17) is 33.9 Å². The van der Waals surface area contributed by atoms with Crippen molar-refractivity contribution in [3.8, 4) is 0 Å². The summed E-state index contributed by atoms with van der Waals surface area (Å²) in [5.41, 5.74) is 10.2. The number of benzene rings is 2. The summed E-state index contributed by atoms with van der Waals surface area (Å²) in [4.78, 5) is 6.94. The number of anilines is 3. The van der Waals surface area contributed by atoms with Gasteiger partial charge in [0.05, 0.1) is 15.6 Å². The van der Waals surface area contributed by atoms with E-state index in [1.807, 2.05) is 42.5 Å². The number of nitrogen functional groups attached to an aromatic ring is 1. The molecule has 0 atom stereocenters. The SMILES string of the molecule is Nc1c2c(nc3ccccc13)N(c1ccc(Cl)c(Cl)c1)CC2. The van der Waals surface area contributed by atoms with Crippen LogP contribution in [0.3, 0.4) is 0 Å². The summed E-state index contributed by atoms with van der Waals surface area (Å²) in [5, 5.41) is 2.11. The van der Waals surface area contributed by atoms with Crippen LogP contribution in [0.2, 0.25) is 10.0 Å². The maximum Gasteiger partial charge on any atom is 0.139 e. The minimum absolute atomic E-state index is 0.543. The zero-order valence-electron chi connectivity index (χ0n) is 11.7. The first kappa shape index (κ1) is 13.7. The lowest BCUT2D eigenvalue weighted by Crippen LogP contribution is -2.14. The van der Waals surface area contributed by atoms with E-state index in [1.165, 1.54) is 0 Å². The Bertz CT molecular complexity index is 892. The fourth-order valence-electron chi connectivity index (χ4n) is 2.97. The Morgan fingerprint density at radius 1 is 1.05 bits per heavy atom. The molecule has 0 spiro atoms. The minimum Gasteiger partial charge on any atom is -0.398 e. The van der Waals surface area contributed by atoms with Crippen molar-refractivity contribution < 1.29 is 0 Å². The Labute approximate surface area is 138 Å². The lowest BCUT2D eigenvalue weighted by atomic mass is 10.1. The summed E-state index contributed by atoms with van der Waals surface area (Å²) in [6, 6.07) is 13.6. The smallest absolute Gasteiger partial charge is 0.139 e. The van der Waals surface area contributed by atoms with Crippen molar-refractivity contribution in [2.45, 2.75) is 6.42 Å². The molecule has 2 aromatic carbocycles. The zero-order valence-corrected chi connectivity index (χ0v) is 13.2. The predicted octanol–water partition coefficient (Wildman–Crippen LogP) is 4.82. The third-order valence-corrected chi connectivity index (χ3v) is 4.81. The average molecular weight is 330 g/mol. The second-order valence-electron chi connectivity index (χ2n) is 5.34. The van der Waals surface area contributed by atoms with Crippen LogP contribution in [0.1, 0.15) is 5.56 Å². The van der Waals surface area contributed by atoms with Crippen LogP contribution >= 0.6 is 23.2 Å². The summed E-state index contributed by atoms with van der Waals surface area (Å²) < 4.78 is 0. The largest absolute Gasteiger partial charge is 0.398 e. The van der Waals surface area contributed by atoms with Crippen LogP contribution in [0, 0.1) is 0 Å².